The van der Waals surface area contributed by atoms with Crippen LogP contribution in [0.1, 0.15) is 13.3 Å². The number of methoxy groups -OCH3 is 1. The number of amides is 1. The fourth-order valence-electron chi connectivity index (χ4n) is 2.86. The van der Waals surface area contributed by atoms with Gasteiger partial charge in [0, 0.05) is 22.7 Å². The summed E-state index contributed by atoms with van der Waals surface area (Å²) in [5.74, 6) is -0.459. The lowest BCUT2D eigenvalue weighted by Crippen LogP contribution is -2.24. The largest absolute Gasteiger partial charge is 0.497 e. The lowest BCUT2D eigenvalue weighted by molar-refractivity contribution is -0.135. The molecule has 0 saturated carbocycles. The van der Waals surface area contributed by atoms with Crippen LogP contribution in [0.3, 0.4) is 0 Å². The van der Waals surface area contributed by atoms with Crippen molar-refractivity contribution in [3.8, 4) is 5.75 Å². The lowest BCUT2D eigenvalue weighted by atomic mass is 10.1. The highest BCUT2D eigenvalue weighted by Gasteiger charge is 2.31. The SMILES string of the molecule is CCOC(=O)C(=NNc1cccc(Cl)c1)C1=C(C(=O)Nc2ccc(OC)cc2)OCC1. The summed E-state index contributed by atoms with van der Waals surface area (Å²) in [6.07, 6.45) is 0.334. The van der Waals surface area contributed by atoms with Gasteiger partial charge in [-0.2, -0.15) is 5.10 Å². The van der Waals surface area contributed by atoms with E-state index in [1.54, 1.807) is 62.6 Å². The van der Waals surface area contributed by atoms with E-state index in [0.717, 1.165) is 0 Å². The molecule has 2 aromatic carbocycles. The molecule has 0 bridgehead atoms. The number of esters is 1. The van der Waals surface area contributed by atoms with Crippen LogP contribution in [0.15, 0.2) is 65.0 Å². The maximum Gasteiger partial charge on any atom is 0.359 e. The maximum absolute atomic E-state index is 12.8. The second-order valence-corrected chi connectivity index (χ2v) is 6.83. The number of hydrogen-bond acceptors (Lipinski definition) is 7. The fraction of sp³-hybridized carbons (Fsp3) is 0.227. The summed E-state index contributed by atoms with van der Waals surface area (Å²) >= 11 is 5.99. The van der Waals surface area contributed by atoms with Crippen molar-refractivity contribution < 1.29 is 23.8 Å². The molecule has 0 fully saturated rings. The number of hydrazone groups is 1. The van der Waals surface area contributed by atoms with Crippen LogP contribution in [-0.2, 0) is 19.1 Å². The molecule has 2 N–H and O–H groups in total. The van der Waals surface area contributed by atoms with E-state index in [4.69, 9.17) is 25.8 Å². The molecule has 0 aromatic heterocycles. The Kier molecular flexibility index (Phi) is 7.50. The van der Waals surface area contributed by atoms with E-state index in [0.29, 0.717) is 34.1 Å². The number of anilines is 2. The second kappa shape index (κ2) is 10.5. The monoisotopic (exact) mass is 443 g/mol. The Morgan fingerprint density at radius 1 is 1.16 bits per heavy atom. The molecule has 0 aliphatic carbocycles. The van der Waals surface area contributed by atoms with Gasteiger partial charge in [-0.15, -0.1) is 0 Å². The number of hydrogen-bond donors (Lipinski definition) is 2. The Morgan fingerprint density at radius 2 is 1.94 bits per heavy atom. The molecule has 1 amide bonds. The molecule has 1 aliphatic heterocycles. The van der Waals surface area contributed by atoms with Gasteiger partial charge < -0.3 is 19.5 Å². The number of nitrogens with one attached hydrogen (secondary N) is 2. The van der Waals surface area contributed by atoms with E-state index in [1.165, 1.54) is 0 Å². The zero-order valence-corrected chi connectivity index (χ0v) is 17.9. The molecule has 0 unspecified atom stereocenters. The number of benzene rings is 2. The number of ether oxygens (including phenoxy) is 3. The van der Waals surface area contributed by atoms with E-state index in [2.05, 4.69) is 15.8 Å². The van der Waals surface area contributed by atoms with Gasteiger partial charge in [0.15, 0.2) is 11.5 Å². The number of rotatable bonds is 8. The van der Waals surface area contributed by atoms with E-state index < -0.39 is 11.9 Å². The van der Waals surface area contributed by atoms with Crippen molar-refractivity contribution in [2.75, 3.05) is 31.1 Å². The van der Waals surface area contributed by atoms with Crippen LogP contribution in [0.25, 0.3) is 0 Å². The first kappa shape index (κ1) is 22.2. The van der Waals surface area contributed by atoms with Crippen LogP contribution in [0.4, 0.5) is 11.4 Å². The zero-order valence-electron chi connectivity index (χ0n) is 17.1. The summed E-state index contributed by atoms with van der Waals surface area (Å²) in [7, 11) is 1.56. The van der Waals surface area contributed by atoms with Crippen LogP contribution >= 0.6 is 11.6 Å². The van der Waals surface area contributed by atoms with Gasteiger partial charge in [0.2, 0.25) is 0 Å². The Bertz CT molecular complexity index is 1020. The van der Waals surface area contributed by atoms with E-state index in [9.17, 15) is 9.59 Å². The number of carbonyl (C=O) groups is 2. The molecule has 1 aliphatic rings. The molecular weight excluding hydrogens is 422 g/mol. The van der Waals surface area contributed by atoms with Gasteiger partial charge in [-0.05, 0) is 49.4 Å². The normalized spacial score (nSPS) is 13.5. The fourth-order valence-corrected chi connectivity index (χ4v) is 3.05. The first-order chi connectivity index (χ1) is 15.0. The summed E-state index contributed by atoms with van der Waals surface area (Å²) in [4.78, 5) is 25.4. The minimum atomic E-state index is -0.660. The minimum Gasteiger partial charge on any atom is -0.497 e. The van der Waals surface area contributed by atoms with E-state index in [-0.39, 0.29) is 24.7 Å². The van der Waals surface area contributed by atoms with E-state index >= 15 is 0 Å². The molecule has 162 valence electrons. The van der Waals surface area contributed by atoms with Gasteiger partial charge in [-0.25, -0.2) is 4.79 Å². The standard InChI is InChI=1S/C22H22ClN3O5/c1-3-30-22(28)19(26-25-16-6-4-5-14(23)13-16)18-11-12-31-20(18)21(27)24-15-7-9-17(29-2)10-8-15/h4-10,13,25H,3,11-12H2,1-2H3,(H,24,27). The third kappa shape index (κ3) is 5.76. The van der Waals surface area contributed by atoms with Crippen molar-refractivity contribution in [3.63, 3.8) is 0 Å². The highest BCUT2D eigenvalue weighted by molar-refractivity contribution is 6.44. The Morgan fingerprint density at radius 3 is 2.61 bits per heavy atom. The van der Waals surface area contributed by atoms with Crippen molar-refractivity contribution in [1.29, 1.82) is 0 Å². The molecule has 31 heavy (non-hydrogen) atoms. The van der Waals surface area contributed by atoms with Gasteiger partial charge in [-0.3, -0.25) is 10.2 Å². The maximum atomic E-state index is 12.8. The van der Waals surface area contributed by atoms with Crippen molar-refractivity contribution in [2.24, 2.45) is 5.10 Å². The average molecular weight is 444 g/mol. The van der Waals surface area contributed by atoms with Crippen LogP contribution in [0.2, 0.25) is 5.02 Å². The summed E-state index contributed by atoms with van der Waals surface area (Å²) in [6, 6.07) is 13.7. The molecule has 8 nitrogen and oxygen atoms in total. The quantitative estimate of drug-likeness (QED) is 0.363. The molecule has 9 heteroatoms. The van der Waals surface area contributed by atoms with Crippen molar-refractivity contribution >= 4 is 40.6 Å². The van der Waals surface area contributed by atoms with Gasteiger partial charge >= 0.3 is 5.97 Å². The summed E-state index contributed by atoms with van der Waals surface area (Å²) in [5.41, 5.74) is 4.26. The summed E-state index contributed by atoms with van der Waals surface area (Å²) in [5, 5.41) is 7.46. The topological polar surface area (TPSA) is 98.2 Å². The first-order valence-corrected chi connectivity index (χ1v) is 9.97. The first-order valence-electron chi connectivity index (χ1n) is 9.60. The summed E-state index contributed by atoms with van der Waals surface area (Å²) < 4.78 is 15.8. The predicted octanol–water partition coefficient (Wildman–Crippen LogP) is 3.99. The Hall–Kier alpha value is -3.52. The Labute approximate surface area is 184 Å². The van der Waals surface area contributed by atoms with Gasteiger partial charge in [0.05, 0.1) is 26.0 Å². The van der Waals surface area contributed by atoms with Gasteiger partial charge in [0.1, 0.15) is 5.75 Å². The van der Waals surface area contributed by atoms with Crippen molar-refractivity contribution in [2.45, 2.75) is 13.3 Å². The molecule has 0 saturated heterocycles. The number of carbonyl (C=O) groups excluding carboxylic acids is 2. The molecule has 1 heterocycles. The van der Waals surface area contributed by atoms with Crippen molar-refractivity contribution in [1.82, 2.24) is 0 Å². The van der Waals surface area contributed by atoms with E-state index in [1.807, 2.05) is 0 Å². The molecular formula is C22H22ClN3O5. The molecule has 0 radical (unpaired) electrons. The summed E-state index contributed by atoms with van der Waals surface area (Å²) in [6.45, 7) is 2.10. The third-order valence-electron chi connectivity index (χ3n) is 4.30. The van der Waals surface area contributed by atoms with Crippen LogP contribution in [-0.4, -0.2) is 37.9 Å². The zero-order chi connectivity index (χ0) is 22.2. The lowest BCUT2D eigenvalue weighted by Gasteiger charge is -2.11. The van der Waals surface area contributed by atoms with Crippen LogP contribution in [0.5, 0.6) is 5.75 Å². The van der Waals surface area contributed by atoms with Crippen LogP contribution in [0, 0.1) is 0 Å². The molecule has 0 atom stereocenters. The number of halogens is 1. The molecule has 0 spiro atoms. The predicted molar refractivity (Wildman–Crippen MR) is 118 cm³/mol. The third-order valence-corrected chi connectivity index (χ3v) is 4.54. The van der Waals surface area contributed by atoms with Gasteiger partial charge in [-0.1, -0.05) is 17.7 Å². The molecule has 3 rings (SSSR count). The highest BCUT2D eigenvalue weighted by atomic mass is 35.5. The average Bonchev–Trinajstić information content (AvgIpc) is 3.24. The molecule has 2 aromatic rings. The highest BCUT2D eigenvalue weighted by Crippen LogP contribution is 2.24. The minimum absolute atomic E-state index is 0.0236. The Balaban J connectivity index is 1.87. The van der Waals surface area contributed by atoms with Crippen molar-refractivity contribution in [3.05, 3.63) is 64.9 Å². The smallest absolute Gasteiger partial charge is 0.359 e. The number of nitrogens with zero attached hydrogens (tertiary/aromatic N) is 1. The van der Waals surface area contributed by atoms with Gasteiger partial charge in [0.25, 0.3) is 5.91 Å². The van der Waals surface area contributed by atoms with Crippen LogP contribution < -0.4 is 15.5 Å². The second-order valence-electron chi connectivity index (χ2n) is 6.39.